The van der Waals surface area contributed by atoms with Gasteiger partial charge in [0.15, 0.2) is 0 Å². The predicted octanol–water partition coefficient (Wildman–Crippen LogP) is 5.73. The lowest BCUT2D eigenvalue weighted by atomic mass is 10.1. The number of phenolic OH excluding ortho intramolecular Hbond substituents is 1. The molecule has 1 aromatic heterocycles. The van der Waals surface area contributed by atoms with Crippen LogP contribution >= 0.6 is 22.9 Å². The van der Waals surface area contributed by atoms with Crippen molar-refractivity contribution >= 4 is 50.0 Å². The van der Waals surface area contributed by atoms with Gasteiger partial charge < -0.3 is 9.84 Å². The number of aromatic hydroxyl groups is 1. The summed E-state index contributed by atoms with van der Waals surface area (Å²) in [4.78, 5) is 8.83. The maximum Gasteiger partial charge on any atom is 0.262 e. The molecule has 0 fully saturated rings. The first-order valence-corrected chi connectivity index (χ1v) is 12.3. The van der Waals surface area contributed by atoms with Crippen LogP contribution in [0.3, 0.4) is 0 Å². The third-order valence-corrected chi connectivity index (χ3v) is 7.05. The number of aromatic nitrogens is 1. The van der Waals surface area contributed by atoms with Crippen molar-refractivity contribution in [3.63, 3.8) is 0 Å². The molecule has 0 amide bonds. The number of sulfonamides is 1. The van der Waals surface area contributed by atoms with Crippen molar-refractivity contribution in [1.82, 2.24) is 4.98 Å². The third kappa shape index (κ3) is 5.33. The second-order valence-electron chi connectivity index (χ2n) is 6.81. The van der Waals surface area contributed by atoms with Gasteiger partial charge >= 0.3 is 0 Å². The molecule has 33 heavy (non-hydrogen) atoms. The smallest absolute Gasteiger partial charge is 0.262 e. The van der Waals surface area contributed by atoms with Gasteiger partial charge in [0.2, 0.25) is 5.13 Å². The van der Waals surface area contributed by atoms with Gasteiger partial charge in [0, 0.05) is 34.5 Å². The summed E-state index contributed by atoms with van der Waals surface area (Å²) in [5.74, 6) is 0.424. The molecule has 7 nitrogen and oxygen atoms in total. The van der Waals surface area contributed by atoms with Crippen molar-refractivity contribution in [2.75, 3.05) is 11.8 Å². The van der Waals surface area contributed by atoms with E-state index in [2.05, 4.69) is 14.7 Å². The largest absolute Gasteiger partial charge is 0.507 e. The Labute approximate surface area is 200 Å². The fourth-order valence-corrected chi connectivity index (χ4v) is 4.85. The summed E-state index contributed by atoms with van der Waals surface area (Å²) in [6, 6.07) is 18.0. The van der Waals surface area contributed by atoms with Crippen LogP contribution in [0.1, 0.15) is 5.56 Å². The first kappa shape index (κ1) is 22.8. The molecule has 0 radical (unpaired) electrons. The minimum absolute atomic E-state index is 0.0410. The van der Waals surface area contributed by atoms with E-state index >= 15 is 0 Å². The molecule has 4 rings (SSSR count). The van der Waals surface area contributed by atoms with Crippen LogP contribution in [-0.2, 0) is 10.0 Å². The lowest BCUT2D eigenvalue weighted by Crippen LogP contribution is -2.13. The number of aliphatic imine (C=N–C) groups is 1. The number of hydrogen-bond donors (Lipinski definition) is 2. The van der Waals surface area contributed by atoms with Crippen LogP contribution in [-0.4, -0.2) is 31.8 Å². The van der Waals surface area contributed by atoms with Gasteiger partial charge in [-0.1, -0.05) is 35.9 Å². The summed E-state index contributed by atoms with van der Waals surface area (Å²) in [5.41, 5.74) is 2.53. The summed E-state index contributed by atoms with van der Waals surface area (Å²) < 4.78 is 33.0. The van der Waals surface area contributed by atoms with E-state index in [9.17, 15) is 13.5 Å². The maximum absolute atomic E-state index is 12.7. The van der Waals surface area contributed by atoms with E-state index in [0.29, 0.717) is 27.1 Å². The Morgan fingerprint density at radius 2 is 1.88 bits per heavy atom. The first-order valence-electron chi connectivity index (χ1n) is 9.60. The molecule has 0 aliphatic heterocycles. The van der Waals surface area contributed by atoms with Crippen molar-refractivity contribution < 1.29 is 18.3 Å². The number of anilines is 1. The van der Waals surface area contributed by atoms with E-state index in [0.717, 1.165) is 5.56 Å². The summed E-state index contributed by atoms with van der Waals surface area (Å²) >= 11 is 7.34. The highest BCUT2D eigenvalue weighted by Crippen LogP contribution is 2.30. The first-order chi connectivity index (χ1) is 15.9. The number of thiazole rings is 1. The van der Waals surface area contributed by atoms with Gasteiger partial charge in [0.25, 0.3) is 10.0 Å². The summed E-state index contributed by atoms with van der Waals surface area (Å²) in [6.45, 7) is 0. The standard InChI is InChI=1S/C23H18ClN3O4S2/c1-31-22-12-18(10-11-19(22)24)33(29,30)27-17-8-6-15(7-9-17)20-14-32-23(26-20)25-13-16-4-2-3-5-21(16)28/h2-14,27-28H,1H3/b25-13+. The van der Waals surface area contributed by atoms with Crippen LogP contribution < -0.4 is 9.46 Å². The topological polar surface area (TPSA) is 101 Å². The zero-order valence-corrected chi connectivity index (χ0v) is 19.7. The number of para-hydroxylation sites is 1. The van der Waals surface area contributed by atoms with Crippen molar-refractivity contribution in [1.29, 1.82) is 0 Å². The highest BCUT2D eigenvalue weighted by molar-refractivity contribution is 7.92. The molecular weight excluding hydrogens is 482 g/mol. The van der Waals surface area contributed by atoms with Crippen LogP contribution in [0.5, 0.6) is 11.5 Å². The van der Waals surface area contributed by atoms with Crippen molar-refractivity contribution in [3.05, 3.63) is 82.7 Å². The number of halogens is 1. The van der Waals surface area contributed by atoms with Gasteiger partial charge in [-0.3, -0.25) is 4.72 Å². The molecule has 0 saturated carbocycles. The average molecular weight is 500 g/mol. The number of nitrogens with zero attached hydrogens (tertiary/aromatic N) is 2. The Balaban J connectivity index is 1.48. The van der Waals surface area contributed by atoms with Gasteiger partial charge in [-0.25, -0.2) is 18.4 Å². The van der Waals surface area contributed by atoms with Gasteiger partial charge in [-0.15, -0.1) is 11.3 Å². The van der Waals surface area contributed by atoms with Gasteiger partial charge in [0.05, 0.1) is 22.7 Å². The van der Waals surface area contributed by atoms with Gasteiger partial charge in [-0.05, 0) is 36.4 Å². The lowest BCUT2D eigenvalue weighted by Gasteiger charge is -2.10. The molecule has 3 aromatic carbocycles. The van der Waals surface area contributed by atoms with Gasteiger partial charge in [-0.2, -0.15) is 0 Å². The summed E-state index contributed by atoms with van der Waals surface area (Å²) in [7, 11) is -2.39. The molecule has 0 spiro atoms. The van der Waals surface area contributed by atoms with Crippen molar-refractivity contribution in [2.45, 2.75) is 4.90 Å². The Bertz CT molecular complexity index is 1420. The van der Waals surface area contributed by atoms with Crippen molar-refractivity contribution in [2.24, 2.45) is 4.99 Å². The van der Waals surface area contributed by atoms with E-state index < -0.39 is 10.0 Å². The molecule has 4 aromatic rings. The lowest BCUT2D eigenvalue weighted by molar-refractivity contribution is 0.413. The minimum Gasteiger partial charge on any atom is -0.507 e. The number of phenols is 1. The van der Waals surface area contributed by atoms with Crippen molar-refractivity contribution in [3.8, 4) is 22.8 Å². The van der Waals surface area contributed by atoms with E-state index in [1.165, 1.54) is 36.6 Å². The van der Waals surface area contributed by atoms with Crippen LogP contribution in [0, 0.1) is 0 Å². The number of ether oxygens (including phenoxy) is 1. The second kappa shape index (κ2) is 9.62. The maximum atomic E-state index is 12.7. The number of nitrogens with one attached hydrogen (secondary N) is 1. The number of methoxy groups -OCH3 is 1. The normalized spacial score (nSPS) is 11.6. The molecule has 1 heterocycles. The zero-order chi connectivity index (χ0) is 23.4. The Morgan fingerprint density at radius 3 is 2.61 bits per heavy atom. The zero-order valence-electron chi connectivity index (χ0n) is 17.3. The number of rotatable bonds is 7. The second-order valence-corrected chi connectivity index (χ2v) is 9.74. The van der Waals surface area contributed by atoms with E-state index in [-0.39, 0.29) is 16.4 Å². The van der Waals surface area contributed by atoms with E-state index in [1.54, 1.807) is 48.7 Å². The van der Waals surface area contributed by atoms with Crippen LogP contribution in [0.25, 0.3) is 11.3 Å². The van der Waals surface area contributed by atoms with E-state index in [1.807, 2.05) is 11.4 Å². The molecule has 168 valence electrons. The average Bonchev–Trinajstić information content (AvgIpc) is 3.28. The molecule has 0 saturated heterocycles. The molecule has 2 N–H and O–H groups in total. The fraction of sp³-hybridized carbons (Fsp3) is 0.0435. The monoisotopic (exact) mass is 499 g/mol. The highest BCUT2D eigenvalue weighted by atomic mass is 35.5. The highest BCUT2D eigenvalue weighted by Gasteiger charge is 2.16. The molecule has 0 unspecified atom stereocenters. The molecule has 10 heteroatoms. The number of benzene rings is 3. The SMILES string of the molecule is COc1cc(S(=O)(=O)Nc2ccc(-c3csc(/N=C/c4ccccc4O)n3)cc2)ccc1Cl. The Morgan fingerprint density at radius 1 is 1.12 bits per heavy atom. The Kier molecular flexibility index (Phi) is 6.64. The molecular formula is C23H18ClN3O4S2. The summed E-state index contributed by atoms with van der Waals surface area (Å²) in [5, 5.41) is 12.5. The summed E-state index contributed by atoms with van der Waals surface area (Å²) in [6.07, 6.45) is 1.56. The Hall–Kier alpha value is -3.40. The molecule has 0 bridgehead atoms. The van der Waals surface area contributed by atoms with Crippen LogP contribution in [0.4, 0.5) is 10.8 Å². The molecule has 0 aliphatic carbocycles. The van der Waals surface area contributed by atoms with Crippen LogP contribution in [0.2, 0.25) is 5.02 Å². The van der Waals surface area contributed by atoms with E-state index in [4.69, 9.17) is 16.3 Å². The fourth-order valence-electron chi connectivity index (χ4n) is 2.91. The van der Waals surface area contributed by atoms with Crippen LogP contribution in [0.15, 0.2) is 82.0 Å². The van der Waals surface area contributed by atoms with Gasteiger partial charge in [0.1, 0.15) is 11.5 Å². The minimum atomic E-state index is -3.82. The molecule has 0 atom stereocenters. The number of hydrogen-bond acceptors (Lipinski definition) is 7. The quantitative estimate of drug-likeness (QED) is 0.316. The predicted molar refractivity (Wildman–Crippen MR) is 132 cm³/mol. The molecule has 0 aliphatic rings. The third-order valence-electron chi connectivity index (χ3n) is 4.61.